The molecule has 0 fully saturated rings. The minimum absolute atomic E-state index is 0.221. The van der Waals surface area contributed by atoms with Gasteiger partial charge in [0.05, 0.1) is 11.0 Å². The Morgan fingerprint density at radius 3 is 2.75 bits per heavy atom. The van der Waals surface area contributed by atoms with Crippen LogP contribution in [0.3, 0.4) is 0 Å². The molecular weight excluding hydrogens is 248 g/mol. The van der Waals surface area contributed by atoms with Gasteiger partial charge >= 0.3 is 0 Å². The Morgan fingerprint density at radius 1 is 1.20 bits per heavy atom. The number of rotatable bonds is 4. The van der Waals surface area contributed by atoms with Crippen LogP contribution >= 0.6 is 0 Å². The SMILES string of the molecule is CNC(Cc1nc2ccccc2n1C)c1cccnc1. The first-order chi connectivity index (χ1) is 9.79. The molecule has 4 heteroatoms. The Bertz CT molecular complexity index is 703. The lowest BCUT2D eigenvalue weighted by Gasteiger charge is -2.15. The summed E-state index contributed by atoms with van der Waals surface area (Å²) in [6.45, 7) is 0. The van der Waals surface area contributed by atoms with Crippen molar-refractivity contribution in [3.05, 3.63) is 60.2 Å². The van der Waals surface area contributed by atoms with Crippen molar-refractivity contribution >= 4 is 11.0 Å². The Balaban J connectivity index is 1.94. The average Bonchev–Trinajstić information content (AvgIpc) is 2.82. The van der Waals surface area contributed by atoms with Crippen LogP contribution in [0, 0.1) is 0 Å². The third-order valence-corrected chi connectivity index (χ3v) is 3.70. The van der Waals surface area contributed by atoms with Gasteiger partial charge in [0.25, 0.3) is 0 Å². The molecule has 3 aromatic rings. The highest BCUT2D eigenvalue weighted by molar-refractivity contribution is 5.75. The van der Waals surface area contributed by atoms with Crippen molar-refractivity contribution in [1.29, 1.82) is 0 Å². The number of aromatic nitrogens is 3. The van der Waals surface area contributed by atoms with E-state index in [0.29, 0.717) is 0 Å². The molecule has 0 amide bonds. The molecule has 1 aromatic carbocycles. The molecule has 0 bridgehead atoms. The van der Waals surface area contributed by atoms with Gasteiger partial charge in [0.2, 0.25) is 0 Å². The first kappa shape index (κ1) is 12.8. The summed E-state index contributed by atoms with van der Waals surface area (Å²) in [6, 6.07) is 12.5. The van der Waals surface area contributed by atoms with Crippen molar-refractivity contribution in [3.8, 4) is 0 Å². The molecule has 4 nitrogen and oxygen atoms in total. The second kappa shape index (κ2) is 5.43. The predicted octanol–water partition coefficient (Wildman–Crippen LogP) is 2.47. The van der Waals surface area contributed by atoms with Crippen molar-refractivity contribution in [2.45, 2.75) is 12.5 Å². The molecule has 0 aliphatic carbocycles. The van der Waals surface area contributed by atoms with Gasteiger partial charge in [0.15, 0.2) is 0 Å². The van der Waals surface area contributed by atoms with Crippen LogP contribution in [0.1, 0.15) is 17.4 Å². The van der Waals surface area contributed by atoms with Gasteiger partial charge in [0.1, 0.15) is 5.82 Å². The molecule has 0 aliphatic rings. The van der Waals surface area contributed by atoms with E-state index in [1.54, 1.807) is 6.20 Å². The maximum Gasteiger partial charge on any atom is 0.111 e. The molecule has 1 N–H and O–H groups in total. The van der Waals surface area contributed by atoms with Crippen molar-refractivity contribution in [3.63, 3.8) is 0 Å². The fraction of sp³-hybridized carbons (Fsp3) is 0.250. The average molecular weight is 266 g/mol. The maximum absolute atomic E-state index is 4.73. The number of likely N-dealkylation sites (N-methyl/N-ethyl adjacent to an activating group) is 1. The van der Waals surface area contributed by atoms with Gasteiger partial charge in [-0.2, -0.15) is 0 Å². The Hall–Kier alpha value is -2.20. The number of hydrogen-bond donors (Lipinski definition) is 1. The highest BCUT2D eigenvalue weighted by Gasteiger charge is 2.14. The highest BCUT2D eigenvalue weighted by atomic mass is 15.1. The molecule has 0 aliphatic heterocycles. The van der Waals surface area contributed by atoms with Crippen molar-refractivity contribution < 1.29 is 0 Å². The molecule has 0 saturated heterocycles. The number of benzene rings is 1. The summed E-state index contributed by atoms with van der Waals surface area (Å²) < 4.78 is 2.16. The number of nitrogens with one attached hydrogen (secondary N) is 1. The van der Waals surface area contributed by atoms with E-state index >= 15 is 0 Å². The number of para-hydroxylation sites is 2. The first-order valence-electron chi connectivity index (χ1n) is 6.77. The zero-order valence-corrected chi connectivity index (χ0v) is 11.7. The van der Waals surface area contributed by atoms with Crippen LogP contribution in [-0.2, 0) is 13.5 Å². The molecule has 20 heavy (non-hydrogen) atoms. The second-order valence-corrected chi connectivity index (χ2v) is 4.91. The van der Waals surface area contributed by atoms with E-state index in [2.05, 4.69) is 40.1 Å². The summed E-state index contributed by atoms with van der Waals surface area (Å²) in [5, 5.41) is 3.35. The third-order valence-electron chi connectivity index (χ3n) is 3.70. The van der Waals surface area contributed by atoms with E-state index in [1.165, 1.54) is 11.1 Å². The van der Waals surface area contributed by atoms with Gasteiger partial charge < -0.3 is 9.88 Å². The van der Waals surface area contributed by atoms with Crippen molar-refractivity contribution in [2.24, 2.45) is 7.05 Å². The van der Waals surface area contributed by atoms with Crippen LogP contribution in [0.25, 0.3) is 11.0 Å². The number of pyridine rings is 1. The monoisotopic (exact) mass is 266 g/mol. The maximum atomic E-state index is 4.73. The number of hydrogen-bond acceptors (Lipinski definition) is 3. The summed E-state index contributed by atoms with van der Waals surface area (Å²) in [7, 11) is 4.04. The van der Waals surface area contributed by atoms with Gasteiger partial charge in [-0.15, -0.1) is 0 Å². The standard InChI is InChI=1S/C16H18N4/c1-17-14(12-6-5-9-18-11-12)10-16-19-13-7-3-4-8-15(13)20(16)2/h3-9,11,14,17H,10H2,1-2H3. The van der Waals surface area contributed by atoms with Crippen LogP contribution in [0.5, 0.6) is 0 Å². The van der Waals surface area contributed by atoms with Gasteiger partial charge in [-0.1, -0.05) is 18.2 Å². The predicted molar refractivity (Wildman–Crippen MR) is 80.5 cm³/mol. The van der Waals surface area contributed by atoms with E-state index in [9.17, 15) is 0 Å². The van der Waals surface area contributed by atoms with Crippen molar-refractivity contribution in [1.82, 2.24) is 19.9 Å². The van der Waals surface area contributed by atoms with Crippen LogP contribution in [-0.4, -0.2) is 21.6 Å². The van der Waals surface area contributed by atoms with Gasteiger partial charge in [0, 0.05) is 31.9 Å². The fourth-order valence-electron chi connectivity index (χ4n) is 2.53. The summed E-state index contributed by atoms with van der Waals surface area (Å²) in [4.78, 5) is 8.92. The molecule has 2 aromatic heterocycles. The van der Waals surface area contributed by atoms with E-state index in [4.69, 9.17) is 4.98 Å². The second-order valence-electron chi connectivity index (χ2n) is 4.91. The van der Waals surface area contributed by atoms with E-state index in [1.807, 2.05) is 31.4 Å². The molecule has 2 heterocycles. The van der Waals surface area contributed by atoms with Crippen LogP contribution in [0.15, 0.2) is 48.8 Å². The summed E-state index contributed by atoms with van der Waals surface area (Å²) in [5.41, 5.74) is 3.40. The molecule has 0 saturated carbocycles. The molecule has 0 radical (unpaired) electrons. The number of nitrogens with zero attached hydrogens (tertiary/aromatic N) is 3. The number of imidazole rings is 1. The largest absolute Gasteiger partial charge is 0.331 e. The molecule has 102 valence electrons. The van der Waals surface area contributed by atoms with E-state index in [-0.39, 0.29) is 6.04 Å². The van der Waals surface area contributed by atoms with E-state index in [0.717, 1.165) is 17.8 Å². The van der Waals surface area contributed by atoms with Crippen LogP contribution in [0.2, 0.25) is 0 Å². The minimum Gasteiger partial charge on any atom is -0.331 e. The van der Waals surface area contributed by atoms with Gasteiger partial charge in [-0.25, -0.2) is 4.98 Å². The Labute approximate surface area is 118 Å². The van der Waals surface area contributed by atoms with Crippen molar-refractivity contribution in [2.75, 3.05) is 7.05 Å². The normalized spacial score (nSPS) is 12.7. The fourth-order valence-corrected chi connectivity index (χ4v) is 2.53. The number of aryl methyl sites for hydroxylation is 1. The summed E-state index contributed by atoms with van der Waals surface area (Å²) in [6.07, 6.45) is 4.54. The highest BCUT2D eigenvalue weighted by Crippen LogP contribution is 2.20. The summed E-state index contributed by atoms with van der Waals surface area (Å²) in [5.74, 6) is 1.08. The van der Waals surface area contributed by atoms with Crippen LogP contribution < -0.4 is 5.32 Å². The zero-order valence-electron chi connectivity index (χ0n) is 11.7. The minimum atomic E-state index is 0.221. The molecule has 0 spiro atoms. The molecule has 1 unspecified atom stereocenters. The molecule has 3 rings (SSSR count). The first-order valence-corrected chi connectivity index (χ1v) is 6.77. The topological polar surface area (TPSA) is 42.7 Å². The lowest BCUT2D eigenvalue weighted by Crippen LogP contribution is -2.20. The quantitative estimate of drug-likeness (QED) is 0.789. The van der Waals surface area contributed by atoms with E-state index < -0.39 is 0 Å². The van der Waals surface area contributed by atoms with Gasteiger partial charge in [-0.05, 0) is 30.8 Å². The molecule has 1 atom stereocenters. The smallest absolute Gasteiger partial charge is 0.111 e. The Morgan fingerprint density at radius 2 is 2.05 bits per heavy atom. The lowest BCUT2D eigenvalue weighted by atomic mass is 10.1. The third kappa shape index (κ3) is 2.30. The summed E-state index contributed by atoms with van der Waals surface area (Å²) >= 11 is 0. The lowest BCUT2D eigenvalue weighted by molar-refractivity contribution is 0.564. The zero-order chi connectivity index (χ0) is 13.9. The molecular formula is C16H18N4. The number of fused-ring (bicyclic) bond motifs is 1. The van der Waals surface area contributed by atoms with Gasteiger partial charge in [-0.3, -0.25) is 4.98 Å². The van der Waals surface area contributed by atoms with Crippen LogP contribution in [0.4, 0.5) is 0 Å². The Kier molecular flexibility index (Phi) is 3.48.